The molecule has 0 aliphatic rings. The Morgan fingerprint density at radius 1 is 1.10 bits per heavy atom. The summed E-state index contributed by atoms with van der Waals surface area (Å²) in [6, 6.07) is 11.1. The molecule has 1 atom stereocenters. The number of methoxy groups -OCH3 is 3. The van der Waals surface area contributed by atoms with Gasteiger partial charge in [-0.3, -0.25) is 14.2 Å². The van der Waals surface area contributed by atoms with Gasteiger partial charge in [0.05, 0.1) is 27.9 Å². The van der Waals surface area contributed by atoms with Crippen LogP contribution in [0.15, 0.2) is 59.8 Å². The topological polar surface area (TPSA) is 116 Å². The Balaban J connectivity index is 1.84. The molecule has 0 spiro atoms. The molecular weight excluding hydrogens is 408 g/mol. The molecule has 0 aliphatic carbocycles. The molecule has 158 valence electrons. The first-order valence-electron chi connectivity index (χ1n) is 8.85. The van der Waals surface area contributed by atoms with Gasteiger partial charge in [0.25, 0.3) is 5.91 Å². The minimum atomic E-state index is -3.68. The fourth-order valence-electron chi connectivity index (χ4n) is 2.84. The molecule has 3 rings (SSSR count). The van der Waals surface area contributed by atoms with Crippen LogP contribution in [0.5, 0.6) is 17.2 Å². The predicted octanol–water partition coefficient (Wildman–Crippen LogP) is 2.71. The van der Waals surface area contributed by atoms with Gasteiger partial charge in [-0.25, -0.2) is 8.99 Å². The highest BCUT2D eigenvalue weighted by atomic mass is 32.2. The van der Waals surface area contributed by atoms with Gasteiger partial charge in [-0.2, -0.15) is 5.10 Å². The maximum atomic E-state index is 13.0. The van der Waals surface area contributed by atoms with Gasteiger partial charge in [-0.1, -0.05) is 6.07 Å². The van der Waals surface area contributed by atoms with Crippen molar-refractivity contribution in [1.82, 2.24) is 14.5 Å². The van der Waals surface area contributed by atoms with Gasteiger partial charge in [0.15, 0.2) is 9.92 Å². The standard InChI is InChI=1S/C20H22N4O5S/c1-27-16-7-8-19(18(12-16)29-3)30(21,26)23-20(25)14-5-6-15(17(11-14)28-2)13-24-10-4-9-22-24/h4-12H,13H2,1-3H3,(H2,21,23,25,26). The van der Waals surface area contributed by atoms with Gasteiger partial charge in [0, 0.05) is 29.6 Å². The van der Waals surface area contributed by atoms with Crippen molar-refractivity contribution in [2.45, 2.75) is 11.4 Å². The number of ether oxygens (including phenoxy) is 3. The highest BCUT2D eigenvalue weighted by molar-refractivity contribution is 7.91. The fourth-order valence-corrected chi connectivity index (χ4v) is 4.02. The lowest BCUT2D eigenvalue weighted by Gasteiger charge is -2.15. The van der Waals surface area contributed by atoms with E-state index in [1.807, 2.05) is 12.3 Å². The second-order valence-corrected chi connectivity index (χ2v) is 7.99. The molecule has 1 heterocycles. The molecule has 3 aromatic rings. The molecule has 0 saturated carbocycles. The number of hydrogen-bond donors (Lipinski definition) is 2. The first kappa shape index (κ1) is 21.2. The Hall–Kier alpha value is -3.53. The minimum absolute atomic E-state index is 0.0430. The van der Waals surface area contributed by atoms with Crippen molar-refractivity contribution in [3.63, 3.8) is 0 Å². The third-order valence-electron chi connectivity index (χ3n) is 4.36. The number of amides is 1. The molecule has 0 aliphatic heterocycles. The van der Waals surface area contributed by atoms with E-state index in [0.29, 0.717) is 18.0 Å². The molecular formula is C20H22N4O5S. The van der Waals surface area contributed by atoms with Crippen molar-refractivity contribution in [2.75, 3.05) is 21.3 Å². The first-order chi connectivity index (χ1) is 14.4. The number of nitrogens with zero attached hydrogens (tertiary/aromatic N) is 2. The van der Waals surface area contributed by atoms with Crippen LogP contribution >= 0.6 is 0 Å². The van der Waals surface area contributed by atoms with Crippen LogP contribution in [0.1, 0.15) is 15.9 Å². The van der Waals surface area contributed by atoms with E-state index < -0.39 is 15.8 Å². The van der Waals surface area contributed by atoms with Crippen molar-refractivity contribution < 1.29 is 23.2 Å². The number of carbonyl (C=O) groups is 1. The lowest BCUT2D eigenvalue weighted by atomic mass is 10.1. The molecule has 2 aromatic carbocycles. The number of carbonyl (C=O) groups excluding carboxylic acids is 1. The summed E-state index contributed by atoms with van der Waals surface area (Å²) >= 11 is 0. The molecule has 1 amide bonds. The molecule has 0 fully saturated rings. The first-order valence-corrected chi connectivity index (χ1v) is 10.4. The Bertz CT molecular complexity index is 1140. The van der Waals surface area contributed by atoms with Crippen LogP contribution in [-0.2, 0) is 16.5 Å². The van der Waals surface area contributed by atoms with Crippen LogP contribution in [0, 0.1) is 4.78 Å². The quantitative estimate of drug-likeness (QED) is 0.568. The Labute approximate surface area is 174 Å². The number of nitrogens with one attached hydrogen (secondary N) is 2. The maximum Gasteiger partial charge on any atom is 0.263 e. The summed E-state index contributed by atoms with van der Waals surface area (Å²) in [6.45, 7) is 0.469. The molecule has 0 bridgehead atoms. The molecule has 0 radical (unpaired) electrons. The molecule has 9 nitrogen and oxygen atoms in total. The number of hydrogen-bond acceptors (Lipinski definition) is 7. The van der Waals surface area contributed by atoms with Crippen LogP contribution in [0.2, 0.25) is 0 Å². The average molecular weight is 430 g/mol. The van der Waals surface area contributed by atoms with Crippen molar-refractivity contribution in [3.8, 4) is 17.2 Å². The zero-order chi connectivity index (χ0) is 21.7. The van der Waals surface area contributed by atoms with E-state index in [1.165, 1.54) is 39.5 Å². The smallest absolute Gasteiger partial charge is 0.263 e. The van der Waals surface area contributed by atoms with E-state index >= 15 is 0 Å². The van der Waals surface area contributed by atoms with Gasteiger partial charge < -0.3 is 14.2 Å². The number of rotatable bonds is 8. The van der Waals surface area contributed by atoms with E-state index in [-0.39, 0.29) is 16.2 Å². The lowest BCUT2D eigenvalue weighted by Crippen LogP contribution is -2.30. The monoisotopic (exact) mass is 430 g/mol. The second kappa shape index (κ2) is 8.87. The van der Waals surface area contributed by atoms with Crippen molar-refractivity contribution in [1.29, 1.82) is 4.78 Å². The van der Waals surface area contributed by atoms with Gasteiger partial charge >= 0.3 is 0 Å². The zero-order valence-corrected chi connectivity index (χ0v) is 17.6. The van der Waals surface area contributed by atoms with Crippen molar-refractivity contribution in [3.05, 3.63) is 66.0 Å². The van der Waals surface area contributed by atoms with Gasteiger partial charge in [0.1, 0.15) is 22.1 Å². The van der Waals surface area contributed by atoms with E-state index in [2.05, 4.69) is 9.82 Å². The van der Waals surface area contributed by atoms with Crippen LogP contribution in [0.25, 0.3) is 0 Å². The third kappa shape index (κ3) is 4.54. The largest absolute Gasteiger partial charge is 0.497 e. The number of aromatic nitrogens is 2. The van der Waals surface area contributed by atoms with Crippen LogP contribution in [-0.4, -0.2) is 41.2 Å². The summed E-state index contributed by atoms with van der Waals surface area (Å²) in [7, 11) is 0.690. The van der Waals surface area contributed by atoms with Crippen LogP contribution in [0.3, 0.4) is 0 Å². The van der Waals surface area contributed by atoms with Crippen LogP contribution < -0.4 is 18.9 Å². The predicted molar refractivity (Wildman–Crippen MR) is 110 cm³/mol. The summed E-state index contributed by atoms with van der Waals surface area (Å²) in [5.41, 5.74) is 1.03. The highest BCUT2D eigenvalue weighted by Crippen LogP contribution is 2.29. The number of benzene rings is 2. The van der Waals surface area contributed by atoms with E-state index in [1.54, 1.807) is 29.1 Å². The normalized spacial score (nSPS) is 12.6. The third-order valence-corrected chi connectivity index (χ3v) is 5.79. The molecule has 0 saturated heterocycles. The SMILES string of the molecule is COc1ccc(S(=N)(=O)NC(=O)c2ccc(Cn3cccn3)c(OC)c2)c(OC)c1. The summed E-state index contributed by atoms with van der Waals surface area (Å²) in [4.78, 5) is 12.7. The second-order valence-electron chi connectivity index (χ2n) is 6.23. The molecule has 2 N–H and O–H groups in total. The summed E-state index contributed by atoms with van der Waals surface area (Å²) in [5, 5.41) is 4.15. The maximum absolute atomic E-state index is 13.0. The summed E-state index contributed by atoms with van der Waals surface area (Å²) < 4.78 is 40.9. The van der Waals surface area contributed by atoms with Gasteiger partial charge in [0.2, 0.25) is 0 Å². The summed E-state index contributed by atoms with van der Waals surface area (Å²) in [5.74, 6) is 0.477. The highest BCUT2D eigenvalue weighted by Gasteiger charge is 2.21. The Morgan fingerprint density at radius 2 is 1.87 bits per heavy atom. The van der Waals surface area contributed by atoms with E-state index in [9.17, 15) is 9.00 Å². The van der Waals surface area contributed by atoms with E-state index in [4.69, 9.17) is 19.0 Å². The lowest BCUT2D eigenvalue weighted by molar-refractivity contribution is 0.0982. The Kier molecular flexibility index (Phi) is 6.26. The van der Waals surface area contributed by atoms with E-state index in [0.717, 1.165) is 5.56 Å². The zero-order valence-electron chi connectivity index (χ0n) is 16.7. The molecule has 1 unspecified atom stereocenters. The van der Waals surface area contributed by atoms with Gasteiger partial charge in [-0.05, 0) is 30.3 Å². The van der Waals surface area contributed by atoms with Gasteiger partial charge in [-0.15, -0.1) is 0 Å². The Morgan fingerprint density at radius 3 is 2.50 bits per heavy atom. The molecule has 30 heavy (non-hydrogen) atoms. The summed E-state index contributed by atoms with van der Waals surface area (Å²) in [6.07, 6.45) is 3.49. The van der Waals surface area contributed by atoms with Crippen LogP contribution in [0.4, 0.5) is 0 Å². The fraction of sp³-hybridized carbons (Fsp3) is 0.200. The average Bonchev–Trinajstić information content (AvgIpc) is 3.26. The minimum Gasteiger partial charge on any atom is -0.497 e. The van der Waals surface area contributed by atoms with Crippen molar-refractivity contribution in [2.24, 2.45) is 0 Å². The molecule has 10 heteroatoms. The van der Waals surface area contributed by atoms with Crippen molar-refractivity contribution >= 4 is 15.8 Å². The molecule has 1 aromatic heterocycles.